The first kappa shape index (κ1) is 25.6. The van der Waals surface area contributed by atoms with Gasteiger partial charge in [0.15, 0.2) is 5.96 Å². The van der Waals surface area contributed by atoms with E-state index in [1.807, 2.05) is 62.6 Å². The summed E-state index contributed by atoms with van der Waals surface area (Å²) in [5, 5.41) is 21.3. The Labute approximate surface area is 206 Å². The lowest BCUT2D eigenvalue weighted by molar-refractivity contribution is 0.0616. The topological polar surface area (TPSA) is 96.6 Å². The van der Waals surface area contributed by atoms with E-state index in [0.29, 0.717) is 25.7 Å². The van der Waals surface area contributed by atoms with Crippen LogP contribution in [0.15, 0.2) is 66.0 Å². The number of guanidine groups is 1. The van der Waals surface area contributed by atoms with E-state index >= 15 is 0 Å². The zero-order chi connectivity index (χ0) is 22.1. The second kappa shape index (κ2) is 12.4. The van der Waals surface area contributed by atoms with Crippen LogP contribution in [0.5, 0.6) is 5.75 Å². The van der Waals surface area contributed by atoms with E-state index in [2.05, 4.69) is 25.7 Å². The highest BCUT2D eigenvalue weighted by Gasteiger charge is 2.24. The van der Waals surface area contributed by atoms with Crippen LogP contribution in [0.4, 0.5) is 0 Å². The first-order valence-corrected chi connectivity index (χ1v) is 10.3. The number of hydrogen-bond acceptors (Lipinski definition) is 5. The summed E-state index contributed by atoms with van der Waals surface area (Å²) >= 11 is 0. The molecule has 1 atom stereocenters. The normalized spacial score (nSPS) is 13.1. The van der Waals surface area contributed by atoms with Gasteiger partial charge in [0.1, 0.15) is 18.0 Å². The maximum Gasteiger partial charge on any atom is 0.191 e. The van der Waals surface area contributed by atoms with Crippen molar-refractivity contribution in [2.75, 3.05) is 13.1 Å². The summed E-state index contributed by atoms with van der Waals surface area (Å²) in [4.78, 5) is 8.87. The quantitative estimate of drug-likeness (QED) is 0.216. The van der Waals surface area contributed by atoms with Crippen LogP contribution in [0.3, 0.4) is 0 Å². The Bertz CT molecular complexity index is 974. The third-order valence-corrected chi connectivity index (χ3v) is 4.73. The maximum atomic E-state index is 10.7. The number of nitrogens with one attached hydrogen (secondary N) is 2. The molecular formula is C23H31IN6O2. The van der Waals surface area contributed by atoms with Crippen molar-refractivity contribution in [2.24, 2.45) is 12.0 Å². The Morgan fingerprint density at radius 1 is 1.19 bits per heavy atom. The largest absolute Gasteiger partial charge is 0.487 e. The highest BCUT2D eigenvalue weighted by atomic mass is 127. The Kier molecular flexibility index (Phi) is 9.92. The molecule has 2 heterocycles. The number of aryl methyl sites for hydroxylation is 1. The number of hydrogen-bond donors (Lipinski definition) is 3. The maximum absolute atomic E-state index is 10.7. The summed E-state index contributed by atoms with van der Waals surface area (Å²) in [5.74, 6) is 1.43. The SMILES string of the molecule is CCNC(=NCc1ccc(OCc2ccccn2)cc1)NCC(C)(O)c1cnn(C)c1.I. The molecule has 0 saturated heterocycles. The second-order valence-corrected chi connectivity index (χ2v) is 7.48. The fourth-order valence-electron chi connectivity index (χ4n) is 2.90. The third-order valence-electron chi connectivity index (χ3n) is 4.73. The van der Waals surface area contributed by atoms with Gasteiger partial charge in [-0.2, -0.15) is 5.10 Å². The predicted octanol–water partition coefficient (Wildman–Crippen LogP) is 2.97. The van der Waals surface area contributed by atoms with Gasteiger partial charge in [0.25, 0.3) is 0 Å². The molecule has 3 rings (SSSR count). The molecule has 0 amide bonds. The summed E-state index contributed by atoms with van der Waals surface area (Å²) < 4.78 is 7.45. The number of pyridine rings is 1. The first-order chi connectivity index (χ1) is 15.0. The van der Waals surface area contributed by atoms with Gasteiger partial charge >= 0.3 is 0 Å². The molecule has 0 aliphatic carbocycles. The Morgan fingerprint density at radius 3 is 2.59 bits per heavy atom. The minimum atomic E-state index is -1.06. The molecule has 0 radical (unpaired) electrons. The molecule has 172 valence electrons. The third kappa shape index (κ3) is 7.79. The van der Waals surface area contributed by atoms with Gasteiger partial charge in [0, 0.05) is 31.5 Å². The molecule has 0 aliphatic heterocycles. The minimum absolute atomic E-state index is 0. The number of aliphatic hydroxyl groups is 1. The van der Waals surface area contributed by atoms with E-state index in [1.165, 1.54) is 0 Å². The Hall–Kier alpha value is -2.66. The van der Waals surface area contributed by atoms with Gasteiger partial charge in [0.05, 0.1) is 25.0 Å². The molecule has 3 N–H and O–H groups in total. The molecule has 1 unspecified atom stereocenters. The molecular weight excluding hydrogens is 519 g/mol. The van der Waals surface area contributed by atoms with Gasteiger partial charge in [-0.05, 0) is 43.7 Å². The van der Waals surface area contributed by atoms with Crippen LogP contribution in [0.1, 0.15) is 30.7 Å². The van der Waals surface area contributed by atoms with E-state index in [4.69, 9.17) is 4.74 Å². The van der Waals surface area contributed by atoms with E-state index in [1.54, 1.807) is 24.0 Å². The Morgan fingerprint density at radius 2 is 1.97 bits per heavy atom. The van der Waals surface area contributed by atoms with Gasteiger partial charge in [-0.15, -0.1) is 24.0 Å². The minimum Gasteiger partial charge on any atom is -0.487 e. The average molecular weight is 550 g/mol. The van der Waals surface area contributed by atoms with Crippen molar-refractivity contribution < 1.29 is 9.84 Å². The summed E-state index contributed by atoms with van der Waals surface area (Å²) in [5.41, 5.74) is 1.64. The molecule has 0 fully saturated rings. The van der Waals surface area contributed by atoms with E-state index in [0.717, 1.165) is 29.1 Å². The van der Waals surface area contributed by atoms with Gasteiger partial charge < -0.3 is 20.5 Å². The molecule has 3 aromatic rings. The van der Waals surface area contributed by atoms with Crippen LogP contribution < -0.4 is 15.4 Å². The van der Waals surface area contributed by atoms with E-state index < -0.39 is 5.60 Å². The lowest BCUT2D eigenvalue weighted by Gasteiger charge is -2.23. The number of benzene rings is 1. The molecule has 0 saturated carbocycles. The summed E-state index contributed by atoms with van der Waals surface area (Å²) in [6.07, 6.45) is 5.23. The molecule has 32 heavy (non-hydrogen) atoms. The predicted molar refractivity (Wildman–Crippen MR) is 136 cm³/mol. The highest BCUT2D eigenvalue weighted by Crippen LogP contribution is 2.18. The number of nitrogens with zero attached hydrogens (tertiary/aromatic N) is 4. The van der Waals surface area contributed by atoms with Gasteiger partial charge in [-0.25, -0.2) is 4.99 Å². The average Bonchev–Trinajstić information content (AvgIpc) is 3.23. The zero-order valence-electron chi connectivity index (χ0n) is 18.7. The highest BCUT2D eigenvalue weighted by molar-refractivity contribution is 14.0. The Balaban J connectivity index is 0.00000363. The van der Waals surface area contributed by atoms with Crippen LogP contribution in [-0.4, -0.2) is 38.9 Å². The molecule has 0 bridgehead atoms. The number of ether oxygens (including phenoxy) is 1. The molecule has 0 aliphatic rings. The van der Waals surface area contributed by atoms with Gasteiger partial charge in [-0.1, -0.05) is 18.2 Å². The standard InChI is InChI=1S/C23H30N6O2.HI/c1-4-24-22(27-17-23(2,30)19-14-28-29(3)15-19)26-13-18-8-10-21(11-9-18)31-16-20-7-5-6-12-25-20;/h5-12,14-15,30H,4,13,16-17H2,1-3H3,(H2,24,26,27);1H. The van der Waals surface area contributed by atoms with E-state index in [-0.39, 0.29) is 24.0 Å². The van der Waals surface area contributed by atoms with Crippen LogP contribution in [-0.2, 0) is 25.8 Å². The number of halogens is 1. The molecule has 9 heteroatoms. The fraction of sp³-hybridized carbons (Fsp3) is 0.348. The van der Waals surface area contributed by atoms with Crippen molar-refractivity contribution in [1.29, 1.82) is 0 Å². The van der Waals surface area contributed by atoms with E-state index in [9.17, 15) is 5.11 Å². The smallest absolute Gasteiger partial charge is 0.191 e. The van der Waals surface area contributed by atoms with Crippen LogP contribution in [0.2, 0.25) is 0 Å². The van der Waals surface area contributed by atoms with Crippen molar-refractivity contribution in [3.05, 3.63) is 77.9 Å². The van der Waals surface area contributed by atoms with Crippen molar-refractivity contribution in [3.63, 3.8) is 0 Å². The van der Waals surface area contributed by atoms with Crippen molar-refractivity contribution in [3.8, 4) is 5.75 Å². The number of aliphatic imine (C=N–C) groups is 1. The van der Waals surface area contributed by atoms with Gasteiger partial charge in [-0.3, -0.25) is 9.67 Å². The van der Waals surface area contributed by atoms with Crippen molar-refractivity contribution in [1.82, 2.24) is 25.4 Å². The molecule has 1 aromatic carbocycles. The zero-order valence-corrected chi connectivity index (χ0v) is 21.0. The van der Waals surface area contributed by atoms with Crippen molar-refractivity contribution in [2.45, 2.75) is 32.6 Å². The molecule has 2 aromatic heterocycles. The van der Waals surface area contributed by atoms with Crippen LogP contribution in [0.25, 0.3) is 0 Å². The van der Waals surface area contributed by atoms with Crippen LogP contribution in [0, 0.1) is 0 Å². The lowest BCUT2D eigenvalue weighted by atomic mass is 10.00. The van der Waals surface area contributed by atoms with Crippen LogP contribution >= 0.6 is 24.0 Å². The second-order valence-electron chi connectivity index (χ2n) is 7.48. The number of rotatable bonds is 9. The molecule has 8 nitrogen and oxygen atoms in total. The van der Waals surface area contributed by atoms with Crippen molar-refractivity contribution >= 4 is 29.9 Å². The van der Waals surface area contributed by atoms with Gasteiger partial charge in [0.2, 0.25) is 0 Å². The number of aromatic nitrogens is 3. The summed E-state index contributed by atoms with van der Waals surface area (Å²) in [7, 11) is 1.83. The first-order valence-electron chi connectivity index (χ1n) is 10.3. The monoisotopic (exact) mass is 550 g/mol. The summed E-state index contributed by atoms with van der Waals surface area (Å²) in [6.45, 7) is 5.73. The molecule has 0 spiro atoms. The summed E-state index contributed by atoms with van der Waals surface area (Å²) in [6, 6.07) is 13.6. The lowest BCUT2D eigenvalue weighted by Crippen LogP contribution is -2.44. The fourth-order valence-corrected chi connectivity index (χ4v) is 2.90.